The molecule has 0 bridgehead atoms. The predicted octanol–water partition coefficient (Wildman–Crippen LogP) is 5.21. The lowest BCUT2D eigenvalue weighted by Gasteiger charge is -2.22. The number of rotatable bonds is 5. The van der Waals surface area contributed by atoms with E-state index in [9.17, 15) is 4.79 Å². The first-order valence-corrected chi connectivity index (χ1v) is 12.2. The van der Waals surface area contributed by atoms with Crippen molar-refractivity contribution >= 4 is 44.1 Å². The van der Waals surface area contributed by atoms with Gasteiger partial charge in [0.05, 0.1) is 16.9 Å². The van der Waals surface area contributed by atoms with Gasteiger partial charge in [-0.25, -0.2) is 19.9 Å². The van der Waals surface area contributed by atoms with Gasteiger partial charge in [0.2, 0.25) is 0 Å². The minimum absolute atomic E-state index is 0.115. The van der Waals surface area contributed by atoms with E-state index in [2.05, 4.69) is 31.3 Å². The summed E-state index contributed by atoms with van der Waals surface area (Å²) in [4.78, 5) is 32.3. The third-order valence-corrected chi connectivity index (χ3v) is 6.85. The number of para-hydroxylation sites is 1. The van der Waals surface area contributed by atoms with Crippen LogP contribution in [-0.2, 0) is 0 Å². The van der Waals surface area contributed by atoms with Crippen LogP contribution < -0.4 is 16.6 Å². The van der Waals surface area contributed by atoms with Gasteiger partial charge in [0, 0.05) is 23.1 Å². The molecule has 0 radical (unpaired) electrons. The monoisotopic (exact) mass is 491 g/mol. The number of benzene rings is 2. The summed E-state index contributed by atoms with van der Waals surface area (Å²) in [5.41, 5.74) is 11.4. The molecule has 8 nitrogen and oxygen atoms in total. The van der Waals surface area contributed by atoms with Crippen LogP contribution in [0, 0.1) is 0 Å². The molecule has 0 aliphatic heterocycles. The topological polar surface area (TPSA) is 112 Å². The maximum Gasteiger partial charge on any atom is 0.263 e. The molecule has 176 valence electrons. The van der Waals surface area contributed by atoms with Crippen molar-refractivity contribution in [1.82, 2.24) is 24.5 Å². The lowest BCUT2D eigenvalue weighted by Crippen LogP contribution is -2.26. The fourth-order valence-corrected chi connectivity index (χ4v) is 5.06. The average Bonchev–Trinajstić information content (AvgIpc) is 3.39. The molecule has 4 aromatic heterocycles. The zero-order valence-electron chi connectivity index (χ0n) is 19.3. The van der Waals surface area contributed by atoms with Gasteiger partial charge < -0.3 is 11.1 Å². The molecular weight excluding hydrogens is 470 g/mol. The van der Waals surface area contributed by atoms with E-state index in [-0.39, 0.29) is 11.6 Å². The number of anilines is 2. The van der Waals surface area contributed by atoms with Crippen molar-refractivity contribution in [1.29, 1.82) is 0 Å². The van der Waals surface area contributed by atoms with Crippen molar-refractivity contribution in [2.45, 2.75) is 13.0 Å². The number of nitrogens with one attached hydrogen (secondary N) is 1. The van der Waals surface area contributed by atoms with Crippen molar-refractivity contribution < 1.29 is 0 Å². The number of pyridine rings is 2. The van der Waals surface area contributed by atoms with E-state index < -0.39 is 0 Å². The van der Waals surface area contributed by atoms with Crippen LogP contribution in [0.4, 0.5) is 11.6 Å². The normalized spacial score (nSPS) is 12.1. The quantitative estimate of drug-likeness (QED) is 0.341. The Kier molecular flexibility index (Phi) is 5.38. The standard InChI is InChI=1S/C27H21N7OS/c1-16(33-25-24-26(31-14-30-25)36-15-32-24)21-12-17-6-5-9-20(18-10-11-22(28)29-13-18)23(17)27(35)34(21)19-7-3-2-4-8-19/h2-16H,1H3,(H2,28,29)(H,30,31,33). The Morgan fingerprint density at radius 1 is 0.972 bits per heavy atom. The Bertz CT molecular complexity index is 1760. The van der Waals surface area contributed by atoms with E-state index in [1.54, 1.807) is 22.3 Å². The number of nitrogens with two attached hydrogens (primary N) is 1. The number of nitrogen functional groups attached to an aromatic ring is 1. The molecule has 6 aromatic rings. The van der Waals surface area contributed by atoms with E-state index in [4.69, 9.17) is 5.73 Å². The number of thiazole rings is 1. The molecule has 0 aliphatic carbocycles. The van der Waals surface area contributed by atoms with E-state index in [0.29, 0.717) is 22.5 Å². The molecule has 0 saturated heterocycles. The highest BCUT2D eigenvalue weighted by Crippen LogP contribution is 2.31. The van der Waals surface area contributed by atoms with Gasteiger partial charge in [0.25, 0.3) is 5.56 Å². The Morgan fingerprint density at radius 3 is 2.64 bits per heavy atom. The molecule has 0 aliphatic rings. The van der Waals surface area contributed by atoms with Crippen molar-refractivity contribution in [3.63, 3.8) is 0 Å². The van der Waals surface area contributed by atoms with Crippen LogP contribution in [0.5, 0.6) is 0 Å². The van der Waals surface area contributed by atoms with Crippen LogP contribution in [0.2, 0.25) is 0 Å². The van der Waals surface area contributed by atoms with Gasteiger partial charge >= 0.3 is 0 Å². The summed E-state index contributed by atoms with van der Waals surface area (Å²) < 4.78 is 1.76. The van der Waals surface area contributed by atoms with Crippen LogP contribution in [0.15, 0.2) is 89.6 Å². The third kappa shape index (κ3) is 3.75. The van der Waals surface area contributed by atoms with E-state index in [0.717, 1.165) is 32.7 Å². The predicted molar refractivity (Wildman–Crippen MR) is 144 cm³/mol. The highest BCUT2D eigenvalue weighted by atomic mass is 32.1. The smallest absolute Gasteiger partial charge is 0.263 e. The molecule has 0 amide bonds. The van der Waals surface area contributed by atoms with Gasteiger partial charge in [-0.1, -0.05) is 36.4 Å². The van der Waals surface area contributed by atoms with Crippen LogP contribution in [0.1, 0.15) is 18.7 Å². The number of hydrogen-bond donors (Lipinski definition) is 2. The van der Waals surface area contributed by atoms with E-state index in [1.807, 2.05) is 61.5 Å². The van der Waals surface area contributed by atoms with Gasteiger partial charge in [-0.3, -0.25) is 9.36 Å². The molecule has 36 heavy (non-hydrogen) atoms. The van der Waals surface area contributed by atoms with Gasteiger partial charge in [-0.15, -0.1) is 11.3 Å². The summed E-state index contributed by atoms with van der Waals surface area (Å²) in [5.74, 6) is 1.06. The lowest BCUT2D eigenvalue weighted by atomic mass is 9.99. The lowest BCUT2D eigenvalue weighted by molar-refractivity contribution is 0.774. The molecule has 4 heterocycles. The Labute approximate surface area is 210 Å². The minimum atomic E-state index is -0.260. The SMILES string of the molecule is CC(Nc1ncnc2scnc12)c1cc2cccc(-c3ccc(N)nc3)c2c(=O)n1-c1ccccc1. The highest BCUT2D eigenvalue weighted by molar-refractivity contribution is 7.16. The van der Waals surface area contributed by atoms with Crippen LogP contribution >= 0.6 is 11.3 Å². The summed E-state index contributed by atoms with van der Waals surface area (Å²) in [6.07, 6.45) is 3.22. The molecule has 1 unspecified atom stereocenters. The second-order valence-corrected chi connectivity index (χ2v) is 9.21. The zero-order chi connectivity index (χ0) is 24.6. The molecule has 0 spiro atoms. The van der Waals surface area contributed by atoms with Crippen LogP contribution in [-0.4, -0.2) is 24.5 Å². The minimum Gasteiger partial charge on any atom is -0.384 e. The average molecular weight is 492 g/mol. The molecule has 9 heteroatoms. The van der Waals surface area contributed by atoms with Gasteiger partial charge in [-0.2, -0.15) is 0 Å². The maximum atomic E-state index is 14.2. The molecular formula is C27H21N7OS. The summed E-state index contributed by atoms with van der Waals surface area (Å²) >= 11 is 1.46. The zero-order valence-corrected chi connectivity index (χ0v) is 20.1. The second-order valence-electron chi connectivity index (χ2n) is 8.38. The van der Waals surface area contributed by atoms with Crippen molar-refractivity contribution in [3.8, 4) is 16.8 Å². The fourth-order valence-electron chi connectivity index (χ4n) is 4.43. The first kappa shape index (κ1) is 21.9. The molecule has 1 atom stereocenters. The van der Waals surface area contributed by atoms with E-state index in [1.165, 1.54) is 17.7 Å². The van der Waals surface area contributed by atoms with E-state index >= 15 is 0 Å². The summed E-state index contributed by atoms with van der Waals surface area (Å²) in [6, 6.07) is 20.9. The second kappa shape index (κ2) is 8.86. The summed E-state index contributed by atoms with van der Waals surface area (Å²) in [5, 5.41) is 4.91. The molecule has 0 saturated carbocycles. The van der Waals surface area contributed by atoms with Crippen molar-refractivity contribution in [3.05, 3.63) is 101 Å². The Balaban J connectivity index is 1.57. The number of hydrogen-bond acceptors (Lipinski definition) is 8. The largest absolute Gasteiger partial charge is 0.384 e. The molecule has 6 rings (SSSR count). The van der Waals surface area contributed by atoms with Gasteiger partial charge in [-0.05, 0) is 48.2 Å². The number of nitrogens with zero attached hydrogens (tertiary/aromatic N) is 5. The molecule has 0 fully saturated rings. The summed E-state index contributed by atoms with van der Waals surface area (Å²) in [6.45, 7) is 2.01. The first-order valence-electron chi connectivity index (χ1n) is 11.4. The Morgan fingerprint density at radius 2 is 1.83 bits per heavy atom. The number of aromatic nitrogens is 5. The first-order chi connectivity index (χ1) is 17.6. The molecule has 3 N–H and O–H groups in total. The number of fused-ring (bicyclic) bond motifs is 2. The highest BCUT2D eigenvalue weighted by Gasteiger charge is 2.20. The molecule has 2 aromatic carbocycles. The van der Waals surface area contributed by atoms with Gasteiger partial charge in [0.1, 0.15) is 22.5 Å². The van der Waals surface area contributed by atoms with Crippen LogP contribution in [0.25, 0.3) is 37.9 Å². The third-order valence-electron chi connectivity index (χ3n) is 6.12. The Hall–Kier alpha value is -4.63. The van der Waals surface area contributed by atoms with Crippen molar-refractivity contribution in [2.75, 3.05) is 11.1 Å². The fraction of sp³-hybridized carbons (Fsp3) is 0.0741. The van der Waals surface area contributed by atoms with Crippen molar-refractivity contribution in [2.24, 2.45) is 0 Å². The maximum absolute atomic E-state index is 14.2. The summed E-state index contributed by atoms with van der Waals surface area (Å²) in [7, 11) is 0. The van der Waals surface area contributed by atoms with Gasteiger partial charge in [0.15, 0.2) is 5.82 Å². The van der Waals surface area contributed by atoms with Crippen LogP contribution in [0.3, 0.4) is 0 Å².